The van der Waals surface area contributed by atoms with Crippen LogP contribution in [-0.4, -0.2) is 16.2 Å². The Labute approximate surface area is 110 Å². The predicted octanol–water partition coefficient (Wildman–Crippen LogP) is 2.90. The highest BCUT2D eigenvalue weighted by atomic mass is 19.1. The number of nitrogens with zero attached hydrogens (tertiary/aromatic N) is 1. The fourth-order valence-electron chi connectivity index (χ4n) is 1.94. The summed E-state index contributed by atoms with van der Waals surface area (Å²) in [5, 5.41) is 9.87. The lowest BCUT2D eigenvalue weighted by molar-refractivity contribution is 0.164. The maximum absolute atomic E-state index is 13.4. The minimum Gasteiger partial charge on any atom is -0.393 e. The molecule has 1 aromatic carbocycles. The molecule has 1 atom stereocenters. The number of aliphatic hydroxyl groups excluding tert-OH is 1. The molecule has 100 valence electrons. The first kappa shape index (κ1) is 13.6. The minimum absolute atomic E-state index is 0.120. The van der Waals surface area contributed by atoms with E-state index in [1.807, 2.05) is 12.1 Å². The molecule has 2 aromatic rings. The highest BCUT2D eigenvalue weighted by molar-refractivity contribution is 5.19. The van der Waals surface area contributed by atoms with Crippen LogP contribution in [0.15, 0.2) is 42.7 Å². The molecule has 19 heavy (non-hydrogen) atoms. The molecule has 0 bridgehead atoms. The molecule has 4 heteroatoms. The quantitative estimate of drug-likeness (QED) is 0.899. The second-order valence-corrected chi connectivity index (χ2v) is 4.49. The van der Waals surface area contributed by atoms with Crippen LogP contribution in [0.2, 0.25) is 0 Å². The number of aromatic nitrogens is 1. The second kappa shape index (κ2) is 6.38. The predicted molar refractivity (Wildman–Crippen MR) is 68.6 cm³/mol. The third-order valence-electron chi connectivity index (χ3n) is 2.98. The number of halogens is 2. The Morgan fingerprint density at radius 3 is 2.58 bits per heavy atom. The van der Waals surface area contributed by atoms with Crippen molar-refractivity contribution < 1.29 is 13.9 Å². The Kier molecular flexibility index (Phi) is 4.58. The molecular formula is C15H15F2NO. The number of hydrogen-bond donors (Lipinski definition) is 1. The van der Waals surface area contributed by atoms with Crippen LogP contribution in [0.3, 0.4) is 0 Å². The molecule has 2 rings (SSSR count). The lowest BCUT2D eigenvalue weighted by atomic mass is 10.0. The zero-order valence-corrected chi connectivity index (χ0v) is 10.4. The Morgan fingerprint density at radius 1 is 1.11 bits per heavy atom. The van der Waals surface area contributed by atoms with Crippen LogP contribution in [0.4, 0.5) is 8.78 Å². The summed E-state index contributed by atoms with van der Waals surface area (Å²) in [4.78, 5) is 3.91. The molecule has 1 heterocycles. The minimum atomic E-state index is -0.690. The lowest BCUT2D eigenvalue weighted by Gasteiger charge is -2.11. The molecule has 0 amide bonds. The average molecular weight is 263 g/mol. The molecule has 2 nitrogen and oxygen atoms in total. The number of hydrogen-bond acceptors (Lipinski definition) is 2. The van der Waals surface area contributed by atoms with Gasteiger partial charge >= 0.3 is 0 Å². The molecule has 0 aliphatic heterocycles. The van der Waals surface area contributed by atoms with Crippen molar-refractivity contribution in [2.24, 2.45) is 0 Å². The van der Waals surface area contributed by atoms with Gasteiger partial charge in [-0.2, -0.15) is 0 Å². The maximum Gasteiger partial charge on any atom is 0.126 e. The van der Waals surface area contributed by atoms with Gasteiger partial charge in [0.15, 0.2) is 0 Å². The van der Waals surface area contributed by atoms with Gasteiger partial charge in [-0.05, 0) is 54.3 Å². The van der Waals surface area contributed by atoms with Gasteiger partial charge in [0.25, 0.3) is 0 Å². The van der Waals surface area contributed by atoms with E-state index < -0.39 is 17.7 Å². The van der Waals surface area contributed by atoms with E-state index in [9.17, 15) is 13.9 Å². The van der Waals surface area contributed by atoms with Crippen molar-refractivity contribution >= 4 is 0 Å². The molecule has 0 aliphatic rings. The SMILES string of the molecule is OC(CCc1ccncc1)Cc1cc(F)ccc1F. The van der Waals surface area contributed by atoms with Crippen LogP contribution < -0.4 is 0 Å². The normalized spacial score (nSPS) is 12.4. The van der Waals surface area contributed by atoms with Crippen molar-refractivity contribution in [3.63, 3.8) is 0 Å². The van der Waals surface area contributed by atoms with Gasteiger partial charge in [-0.25, -0.2) is 8.78 Å². The Hall–Kier alpha value is -1.81. The van der Waals surface area contributed by atoms with Crippen molar-refractivity contribution in [2.75, 3.05) is 0 Å². The molecule has 0 saturated carbocycles. The van der Waals surface area contributed by atoms with Gasteiger partial charge in [0.1, 0.15) is 11.6 Å². The summed E-state index contributed by atoms with van der Waals surface area (Å²) >= 11 is 0. The zero-order valence-electron chi connectivity index (χ0n) is 10.4. The molecule has 0 saturated heterocycles. The average Bonchev–Trinajstić information content (AvgIpc) is 2.42. The number of aryl methyl sites for hydroxylation is 1. The number of pyridine rings is 1. The second-order valence-electron chi connectivity index (χ2n) is 4.49. The van der Waals surface area contributed by atoms with E-state index >= 15 is 0 Å². The molecular weight excluding hydrogens is 248 g/mol. The molecule has 0 fully saturated rings. The van der Waals surface area contributed by atoms with E-state index in [-0.39, 0.29) is 12.0 Å². The highest BCUT2D eigenvalue weighted by Gasteiger charge is 2.10. The molecule has 0 radical (unpaired) electrons. The van der Waals surface area contributed by atoms with Gasteiger partial charge in [0, 0.05) is 18.8 Å². The van der Waals surface area contributed by atoms with E-state index in [1.54, 1.807) is 12.4 Å². The van der Waals surface area contributed by atoms with Gasteiger partial charge in [-0.1, -0.05) is 0 Å². The summed E-state index contributed by atoms with van der Waals surface area (Å²) in [5.41, 5.74) is 1.27. The number of aliphatic hydroxyl groups is 1. The molecule has 0 aliphatic carbocycles. The molecule has 1 N–H and O–H groups in total. The first-order valence-corrected chi connectivity index (χ1v) is 6.16. The first-order chi connectivity index (χ1) is 9.15. The van der Waals surface area contributed by atoms with Gasteiger partial charge in [-0.3, -0.25) is 4.98 Å². The van der Waals surface area contributed by atoms with Crippen molar-refractivity contribution in [2.45, 2.75) is 25.4 Å². The van der Waals surface area contributed by atoms with E-state index in [0.29, 0.717) is 12.8 Å². The van der Waals surface area contributed by atoms with Gasteiger partial charge in [-0.15, -0.1) is 0 Å². The van der Waals surface area contributed by atoms with Crippen molar-refractivity contribution in [3.8, 4) is 0 Å². The topological polar surface area (TPSA) is 33.1 Å². The lowest BCUT2D eigenvalue weighted by Crippen LogP contribution is -2.13. The van der Waals surface area contributed by atoms with Crippen molar-refractivity contribution in [3.05, 3.63) is 65.5 Å². The van der Waals surface area contributed by atoms with Crippen LogP contribution in [0, 0.1) is 11.6 Å². The van der Waals surface area contributed by atoms with E-state index in [4.69, 9.17) is 0 Å². The van der Waals surface area contributed by atoms with Crippen LogP contribution in [-0.2, 0) is 12.8 Å². The van der Waals surface area contributed by atoms with E-state index in [2.05, 4.69) is 4.98 Å². The van der Waals surface area contributed by atoms with Gasteiger partial charge in [0.2, 0.25) is 0 Å². The molecule has 1 aromatic heterocycles. The van der Waals surface area contributed by atoms with Crippen LogP contribution in [0.1, 0.15) is 17.5 Å². The largest absolute Gasteiger partial charge is 0.393 e. The van der Waals surface area contributed by atoms with Crippen LogP contribution in [0.5, 0.6) is 0 Å². The highest BCUT2D eigenvalue weighted by Crippen LogP contribution is 2.14. The molecule has 1 unspecified atom stereocenters. The maximum atomic E-state index is 13.4. The van der Waals surface area contributed by atoms with E-state index in [0.717, 1.165) is 23.8 Å². The Morgan fingerprint density at radius 2 is 1.84 bits per heavy atom. The summed E-state index contributed by atoms with van der Waals surface area (Å²) in [5.74, 6) is -0.970. The van der Waals surface area contributed by atoms with Gasteiger partial charge in [0.05, 0.1) is 6.10 Å². The molecule has 0 spiro atoms. The summed E-state index contributed by atoms with van der Waals surface area (Å²) in [6, 6.07) is 7.03. The number of rotatable bonds is 5. The van der Waals surface area contributed by atoms with Crippen molar-refractivity contribution in [1.29, 1.82) is 0 Å². The Bertz CT molecular complexity index is 531. The fraction of sp³-hybridized carbons (Fsp3) is 0.267. The summed E-state index contributed by atoms with van der Waals surface area (Å²) in [6.45, 7) is 0. The van der Waals surface area contributed by atoms with Crippen molar-refractivity contribution in [1.82, 2.24) is 4.98 Å². The van der Waals surface area contributed by atoms with E-state index in [1.165, 1.54) is 0 Å². The Balaban J connectivity index is 1.90. The standard InChI is InChI=1S/C15H15F2NO/c16-13-2-4-15(17)12(9-13)10-14(19)3-1-11-5-7-18-8-6-11/h2,4-9,14,19H,1,3,10H2. The summed E-state index contributed by atoms with van der Waals surface area (Å²) in [7, 11) is 0. The fourth-order valence-corrected chi connectivity index (χ4v) is 1.94. The third-order valence-corrected chi connectivity index (χ3v) is 2.98. The number of benzene rings is 1. The third kappa shape index (κ3) is 4.10. The zero-order chi connectivity index (χ0) is 13.7. The monoisotopic (exact) mass is 263 g/mol. The summed E-state index contributed by atoms with van der Waals surface area (Å²) in [6.07, 6.45) is 3.99. The van der Waals surface area contributed by atoms with Crippen LogP contribution in [0.25, 0.3) is 0 Å². The summed E-state index contributed by atoms with van der Waals surface area (Å²) < 4.78 is 26.4. The first-order valence-electron chi connectivity index (χ1n) is 6.16. The smallest absolute Gasteiger partial charge is 0.126 e. The van der Waals surface area contributed by atoms with Gasteiger partial charge < -0.3 is 5.11 Å². The van der Waals surface area contributed by atoms with Crippen LogP contribution >= 0.6 is 0 Å².